The third-order valence-corrected chi connectivity index (χ3v) is 3.27. The van der Waals surface area contributed by atoms with E-state index in [1.165, 1.54) is 0 Å². The van der Waals surface area contributed by atoms with Crippen molar-refractivity contribution < 1.29 is 9.84 Å². The Morgan fingerprint density at radius 1 is 1.47 bits per heavy atom. The van der Waals surface area contributed by atoms with Gasteiger partial charge in [0.25, 0.3) is 0 Å². The third-order valence-electron chi connectivity index (χ3n) is 3.27. The summed E-state index contributed by atoms with van der Waals surface area (Å²) in [6.45, 7) is 4.24. The molecule has 94 valence electrons. The minimum absolute atomic E-state index is 0.136. The topological polar surface area (TPSA) is 55.5 Å². The summed E-state index contributed by atoms with van der Waals surface area (Å²) in [5.41, 5.74) is 5.74. The van der Waals surface area contributed by atoms with Gasteiger partial charge in [0, 0.05) is 6.54 Å². The van der Waals surface area contributed by atoms with Crippen molar-refractivity contribution in [3.8, 4) is 5.75 Å². The van der Waals surface area contributed by atoms with Crippen LogP contribution in [0.15, 0.2) is 24.3 Å². The molecule has 1 saturated carbocycles. The fourth-order valence-corrected chi connectivity index (χ4v) is 2.19. The van der Waals surface area contributed by atoms with Crippen LogP contribution in [0.3, 0.4) is 0 Å². The van der Waals surface area contributed by atoms with Crippen molar-refractivity contribution in [2.24, 2.45) is 11.7 Å². The summed E-state index contributed by atoms with van der Waals surface area (Å²) in [5, 5.41) is 10.6. The van der Waals surface area contributed by atoms with E-state index in [4.69, 9.17) is 10.5 Å². The molecular weight excluding hydrogens is 214 g/mol. The number of benzene rings is 1. The minimum atomic E-state index is -0.879. The zero-order valence-electron chi connectivity index (χ0n) is 10.5. The van der Waals surface area contributed by atoms with Gasteiger partial charge in [-0.2, -0.15) is 0 Å². The molecule has 0 spiro atoms. The number of rotatable bonds is 5. The lowest BCUT2D eigenvalue weighted by Crippen LogP contribution is -2.37. The van der Waals surface area contributed by atoms with Gasteiger partial charge in [0.2, 0.25) is 0 Å². The predicted molar refractivity (Wildman–Crippen MR) is 67.9 cm³/mol. The van der Waals surface area contributed by atoms with Crippen LogP contribution in [-0.4, -0.2) is 17.8 Å². The van der Waals surface area contributed by atoms with Gasteiger partial charge in [-0.3, -0.25) is 0 Å². The lowest BCUT2D eigenvalue weighted by Gasteiger charge is -2.27. The highest BCUT2D eigenvalue weighted by molar-refractivity contribution is 5.34. The molecule has 1 aliphatic carbocycles. The molecule has 1 atom stereocenters. The van der Waals surface area contributed by atoms with Gasteiger partial charge < -0.3 is 15.6 Å². The summed E-state index contributed by atoms with van der Waals surface area (Å²) >= 11 is 0. The van der Waals surface area contributed by atoms with Crippen molar-refractivity contribution in [1.29, 1.82) is 0 Å². The van der Waals surface area contributed by atoms with Gasteiger partial charge in [-0.1, -0.05) is 12.1 Å². The molecular formula is C14H21NO2. The minimum Gasteiger partial charge on any atom is -0.491 e. The second-order valence-electron chi connectivity index (χ2n) is 5.10. The maximum atomic E-state index is 10.6. The molecule has 17 heavy (non-hydrogen) atoms. The van der Waals surface area contributed by atoms with Crippen LogP contribution >= 0.6 is 0 Å². The lowest BCUT2D eigenvalue weighted by molar-refractivity contribution is 0.0219. The Morgan fingerprint density at radius 3 is 2.71 bits per heavy atom. The normalized spacial score (nSPS) is 19.1. The Kier molecular flexibility index (Phi) is 3.40. The molecule has 0 heterocycles. The summed E-state index contributed by atoms with van der Waals surface area (Å²) in [5.74, 6) is 1.10. The Morgan fingerprint density at radius 2 is 2.18 bits per heavy atom. The number of nitrogens with two attached hydrogens (primary N) is 1. The Hall–Kier alpha value is -1.06. The molecule has 1 aromatic carbocycles. The molecule has 0 aliphatic heterocycles. The van der Waals surface area contributed by atoms with Crippen molar-refractivity contribution in [3.63, 3.8) is 0 Å². The van der Waals surface area contributed by atoms with Crippen LogP contribution in [0.1, 0.15) is 32.3 Å². The number of hydrogen-bond donors (Lipinski definition) is 2. The lowest BCUT2D eigenvalue weighted by atomic mass is 9.89. The van der Waals surface area contributed by atoms with Crippen LogP contribution in [0.4, 0.5) is 0 Å². The van der Waals surface area contributed by atoms with E-state index in [2.05, 4.69) is 0 Å². The van der Waals surface area contributed by atoms with Gasteiger partial charge in [-0.15, -0.1) is 0 Å². The van der Waals surface area contributed by atoms with Crippen LogP contribution in [-0.2, 0) is 5.60 Å². The first-order chi connectivity index (χ1) is 8.06. The SMILES string of the molecule is CC(C)Oc1cccc(C(O)(CN)C2CC2)c1. The smallest absolute Gasteiger partial charge is 0.120 e. The Balaban J connectivity index is 2.25. The maximum absolute atomic E-state index is 10.6. The molecule has 1 unspecified atom stereocenters. The summed E-state index contributed by atoms with van der Waals surface area (Å²) in [4.78, 5) is 0. The van der Waals surface area contributed by atoms with Crippen molar-refractivity contribution in [1.82, 2.24) is 0 Å². The van der Waals surface area contributed by atoms with Crippen molar-refractivity contribution in [3.05, 3.63) is 29.8 Å². The molecule has 0 bridgehead atoms. The average molecular weight is 235 g/mol. The molecule has 2 rings (SSSR count). The van der Waals surface area contributed by atoms with Gasteiger partial charge in [-0.05, 0) is 50.3 Å². The molecule has 3 nitrogen and oxygen atoms in total. The third kappa shape index (κ3) is 2.61. The highest BCUT2D eigenvalue weighted by atomic mass is 16.5. The van der Waals surface area contributed by atoms with E-state index in [9.17, 15) is 5.11 Å². The summed E-state index contributed by atoms with van der Waals surface area (Å²) in [6, 6.07) is 7.66. The highest BCUT2D eigenvalue weighted by Gasteiger charge is 2.44. The van der Waals surface area contributed by atoms with Crippen LogP contribution in [0, 0.1) is 5.92 Å². The predicted octanol–water partition coefficient (Wildman–Crippen LogP) is 2.03. The van der Waals surface area contributed by atoms with Gasteiger partial charge in [0.05, 0.1) is 6.10 Å². The van der Waals surface area contributed by atoms with Gasteiger partial charge in [-0.25, -0.2) is 0 Å². The van der Waals surface area contributed by atoms with Gasteiger partial charge in [0.1, 0.15) is 11.4 Å². The number of hydrogen-bond acceptors (Lipinski definition) is 3. The van der Waals surface area contributed by atoms with E-state index in [0.29, 0.717) is 5.92 Å². The molecule has 0 aromatic heterocycles. The fourth-order valence-electron chi connectivity index (χ4n) is 2.19. The second-order valence-corrected chi connectivity index (χ2v) is 5.10. The zero-order valence-corrected chi connectivity index (χ0v) is 10.5. The quantitative estimate of drug-likeness (QED) is 0.821. The first-order valence-electron chi connectivity index (χ1n) is 6.26. The van der Waals surface area contributed by atoms with E-state index >= 15 is 0 Å². The van der Waals surface area contributed by atoms with E-state index in [1.54, 1.807) is 0 Å². The fraction of sp³-hybridized carbons (Fsp3) is 0.571. The van der Waals surface area contributed by atoms with E-state index < -0.39 is 5.60 Å². The van der Waals surface area contributed by atoms with Crippen molar-refractivity contribution in [2.75, 3.05) is 6.54 Å². The molecule has 3 heteroatoms. The summed E-state index contributed by atoms with van der Waals surface area (Å²) < 4.78 is 5.64. The molecule has 1 aliphatic rings. The van der Waals surface area contributed by atoms with E-state index in [0.717, 1.165) is 24.2 Å². The maximum Gasteiger partial charge on any atom is 0.120 e. The molecule has 0 saturated heterocycles. The second kappa shape index (κ2) is 4.67. The van der Waals surface area contributed by atoms with E-state index in [1.807, 2.05) is 38.1 Å². The highest BCUT2D eigenvalue weighted by Crippen LogP contribution is 2.45. The molecule has 3 N–H and O–H groups in total. The standard InChI is InChI=1S/C14H21NO2/c1-10(2)17-13-5-3-4-12(8-13)14(16,9-15)11-6-7-11/h3-5,8,10-11,16H,6-7,9,15H2,1-2H3. The first kappa shape index (κ1) is 12.4. The first-order valence-corrected chi connectivity index (χ1v) is 6.26. The Labute approximate surface area is 103 Å². The summed E-state index contributed by atoms with van der Waals surface area (Å²) in [7, 11) is 0. The zero-order chi connectivity index (χ0) is 12.5. The van der Waals surface area contributed by atoms with Crippen LogP contribution in [0.25, 0.3) is 0 Å². The van der Waals surface area contributed by atoms with Crippen LogP contribution in [0.2, 0.25) is 0 Å². The number of aliphatic hydroxyl groups is 1. The largest absolute Gasteiger partial charge is 0.491 e. The van der Waals surface area contributed by atoms with Crippen LogP contribution in [0.5, 0.6) is 5.75 Å². The van der Waals surface area contributed by atoms with Crippen molar-refractivity contribution in [2.45, 2.75) is 38.4 Å². The Bertz CT molecular complexity index is 388. The van der Waals surface area contributed by atoms with Gasteiger partial charge >= 0.3 is 0 Å². The number of ether oxygens (including phenoxy) is 1. The molecule has 1 aromatic rings. The molecule has 0 radical (unpaired) electrons. The average Bonchev–Trinajstić information content (AvgIpc) is 3.11. The molecule has 0 amide bonds. The van der Waals surface area contributed by atoms with Crippen molar-refractivity contribution >= 4 is 0 Å². The molecule has 1 fully saturated rings. The summed E-state index contributed by atoms with van der Waals surface area (Å²) in [6.07, 6.45) is 2.25. The monoisotopic (exact) mass is 235 g/mol. The van der Waals surface area contributed by atoms with E-state index in [-0.39, 0.29) is 12.6 Å². The van der Waals surface area contributed by atoms with Gasteiger partial charge in [0.15, 0.2) is 0 Å². The van der Waals surface area contributed by atoms with Crippen LogP contribution < -0.4 is 10.5 Å².